The van der Waals surface area contributed by atoms with E-state index >= 15 is 0 Å². The molecule has 7 N–H and O–H groups in total. The van der Waals surface area contributed by atoms with Crippen LogP contribution in [-0.2, 0) is 35.6 Å². The van der Waals surface area contributed by atoms with Crippen molar-refractivity contribution in [3.63, 3.8) is 0 Å². The Morgan fingerprint density at radius 2 is 1.44 bits per heavy atom. The van der Waals surface area contributed by atoms with Gasteiger partial charge in [0.15, 0.2) is 29.3 Å². The number of nitrogens with one attached hydrogen (secondary N) is 3. The molecule has 2 aliphatic rings. The van der Waals surface area contributed by atoms with E-state index in [0.717, 1.165) is 16.8 Å². The minimum Gasteiger partial charge on any atom is -0.493 e. The third-order valence-corrected chi connectivity index (χ3v) is 16.4. The van der Waals surface area contributed by atoms with Gasteiger partial charge in [0.25, 0.3) is 5.91 Å². The fourth-order valence-corrected chi connectivity index (χ4v) is 11.3. The lowest BCUT2D eigenvalue weighted by atomic mass is 10.0. The number of para-hydroxylation sites is 1. The summed E-state index contributed by atoms with van der Waals surface area (Å²) in [4.78, 5) is 54.6. The first kappa shape index (κ1) is 53.2. The number of amides is 3. The number of fused-ring (bicyclic) bond motifs is 2. The summed E-state index contributed by atoms with van der Waals surface area (Å²) in [5.41, 5.74) is 11.6. The van der Waals surface area contributed by atoms with Crippen molar-refractivity contribution in [3.05, 3.63) is 130 Å². The number of nitrogens with zero attached hydrogens (tertiary/aromatic N) is 2. The van der Waals surface area contributed by atoms with Gasteiger partial charge in [-0.15, -0.1) is 0 Å². The molecular formula is C54H64N6O10S2. The van der Waals surface area contributed by atoms with Gasteiger partial charge in [-0.2, -0.15) is 0 Å². The van der Waals surface area contributed by atoms with Crippen molar-refractivity contribution in [3.8, 4) is 23.0 Å². The number of likely N-dealkylation sites (N-methyl/N-ethyl adjacent to an activating group) is 2. The molecule has 3 amide bonds. The van der Waals surface area contributed by atoms with Crippen LogP contribution in [0.15, 0.2) is 97.1 Å². The first-order valence-corrected chi connectivity index (χ1v) is 26.1. The lowest BCUT2D eigenvalue weighted by Gasteiger charge is -2.29. The number of rotatable bonds is 24. The van der Waals surface area contributed by atoms with Gasteiger partial charge in [0.1, 0.15) is 25.7 Å². The molecule has 0 saturated carbocycles. The van der Waals surface area contributed by atoms with E-state index < -0.39 is 18.5 Å². The predicted octanol–water partition coefficient (Wildman–Crippen LogP) is 8.04. The van der Waals surface area contributed by atoms with Gasteiger partial charge >= 0.3 is 0 Å². The van der Waals surface area contributed by atoms with Crippen LogP contribution in [0, 0.1) is 0 Å². The van der Waals surface area contributed by atoms with Gasteiger partial charge in [0.05, 0.1) is 43.2 Å². The van der Waals surface area contributed by atoms with E-state index in [1.165, 1.54) is 19.1 Å². The molecule has 5 aromatic carbocycles. The Labute approximate surface area is 428 Å². The molecule has 0 aliphatic carbocycles. The molecule has 16 nitrogen and oxygen atoms in total. The van der Waals surface area contributed by atoms with Crippen molar-refractivity contribution in [1.82, 2.24) is 4.90 Å². The summed E-state index contributed by atoms with van der Waals surface area (Å²) in [5, 5.41) is 32.6. The molecule has 0 bridgehead atoms. The number of anilines is 4. The van der Waals surface area contributed by atoms with Gasteiger partial charge in [0.2, 0.25) is 11.8 Å². The summed E-state index contributed by atoms with van der Waals surface area (Å²) in [7, 11) is 9.91. The molecule has 5 unspecified atom stereocenters. The van der Waals surface area contributed by atoms with Gasteiger partial charge in [-0.3, -0.25) is 19.2 Å². The van der Waals surface area contributed by atoms with E-state index in [1.54, 1.807) is 59.0 Å². The van der Waals surface area contributed by atoms with E-state index in [4.69, 9.17) is 24.7 Å². The largest absolute Gasteiger partial charge is 0.493 e. The average molecular weight is 1020 g/mol. The summed E-state index contributed by atoms with van der Waals surface area (Å²) in [5.74, 6) is 0.413. The molecule has 382 valence electrons. The number of hydrogen-bond donors (Lipinski definition) is 6. The second kappa shape index (κ2) is 24.7. The molecule has 5 aromatic rings. The minimum atomic E-state index is -1.10. The molecule has 0 saturated heterocycles. The highest BCUT2D eigenvalue weighted by molar-refractivity contribution is 8.77. The minimum absolute atomic E-state index is 0.000514. The maximum Gasteiger partial charge on any atom is 0.256 e. The van der Waals surface area contributed by atoms with Gasteiger partial charge in [-0.05, 0) is 84.3 Å². The lowest BCUT2D eigenvalue weighted by molar-refractivity contribution is -0.118. The van der Waals surface area contributed by atoms with Crippen LogP contribution in [0.3, 0.4) is 0 Å². The van der Waals surface area contributed by atoms with Crippen molar-refractivity contribution < 1.29 is 48.3 Å². The van der Waals surface area contributed by atoms with Crippen LogP contribution >= 0.6 is 21.6 Å². The zero-order chi connectivity index (χ0) is 51.5. The molecule has 0 radical (unpaired) electrons. The van der Waals surface area contributed by atoms with Crippen LogP contribution in [0.4, 0.5) is 22.7 Å². The summed E-state index contributed by atoms with van der Waals surface area (Å²) in [6.45, 7) is 4.11. The van der Waals surface area contributed by atoms with E-state index in [2.05, 4.69) is 29.8 Å². The number of primary amides is 1. The number of carbonyl (C=O) groups excluding carboxylic acids is 4. The van der Waals surface area contributed by atoms with Gasteiger partial charge < -0.3 is 60.6 Å². The van der Waals surface area contributed by atoms with Crippen LogP contribution in [0.1, 0.15) is 82.5 Å². The fraction of sp³-hybridized carbons (Fsp3) is 0.370. The molecule has 0 aromatic heterocycles. The van der Waals surface area contributed by atoms with Crippen LogP contribution < -0.4 is 45.5 Å². The first-order valence-electron chi connectivity index (χ1n) is 23.8. The number of aliphatic hydroxyl groups is 2. The Bertz CT molecular complexity index is 2710. The summed E-state index contributed by atoms with van der Waals surface area (Å²) in [6.07, 6.45) is 1.47. The average Bonchev–Trinajstić information content (AvgIpc) is 3.69. The third-order valence-electron chi connectivity index (χ3n) is 12.8. The SMILES string of the molecule is COc1cc(C=O)c(NC(O)C2Cc3ccccc3N2C)cc1OCc1cc(COc2cc3c(cc2OC)C(=O)N(C)C(Cc2ccccc2)[C@@H](O)N3)cc(NC(=O)CCC(C)SSC(C)CCC(N)=O)c1. The maximum absolute atomic E-state index is 13.9. The Hall–Kier alpha value is -6.60. The molecule has 72 heavy (non-hydrogen) atoms. The molecule has 2 heterocycles. The molecule has 0 spiro atoms. The Morgan fingerprint density at radius 3 is 2.08 bits per heavy atom. The third kappa shape index (κ3) is 13.5. The fourth-order valence-electron chi connectivity index (χ4n) is 8.77. The molecular weight excluding hydrogens is 957 g/mol. The van der Waals surface area contributed by atoms with Crippen LogP contribution in [-0.4, -0.2) is 102 Å². The second-order valence-electron chi connectivity index (χ2n) is 18.1. The predicted molar refractivity (Wildman–Crippen MR) is 285 cm³/mol. The molecule has 0 fully saturated rings. The van der Waals surface area contributed by atoms with E-state index in [0.29, 0.717) is 95.1 Å². The molecule has 18 heteroatoms. The molecule has 2 aliphatic heterocycles. The first-order chi connectivity index (χ1) is 34.6. The van der Waals surface area contributed by atoms with Crippen molar-refractivity contribution in [2.24, 2.45) is 5.73 Å². The van der Waals surface area contributed by atoms with E-state index in [1.807, 2.05) is 78.7 Å². The number of nitrogens with two attached hydrogens (primary N) is 1. The van der Waals surface area contributed by atoms with Gasteiger partial charge in [-0.1, -0.05) is 84.0 Å². The number of benzene rings is 5. The smallest absolute Gasteiger partial charge is 0.256 e. The summed E-state index contributed by atoms with van der Waals surface area (Å²) >= 11 is 0. The Balaban J connectivity index is 1.10. The van der Waals surface area contributed by atoms with Gasteiger partial charge in [0, 0.05) is 66.5 Å². The number of methoxy groups -OCH3 is 2. The normalized spacial score (nSPS) is 17.3. The standard InChI is InChI=1S/C54H64N6O10S2/c1-32(16-18-50(55)62)71-72-33(2)17-19-51(63)56-39-21-35(30-69-48-27-41(38(29-61)25-46(48)67-5)57-53(65)45-24-37-14-10-11-15-43(37)59(45)3)20-36(22-39)31-70-49-28-42-40(26-47(49)68-6)54(66)60(4)44(52(64)58-42)23-34-12-8-7-9-13-34/h7-15,20-22,25-29,32-33,44-45,52-53,57-58,64-65H,16-19,23-24,30-31H2,1-6H3,(H2,55,62)(H,56,63)/t32?,33?,44?,45?,52-,53?/m1/s1. The zero-order valence-corrected chi connectivity index (χ0v) is 43.0. The summed E-state index contributed by atoms with van der Waals surface area (Å²) in [6, 6.07) is 28.7. The highest BCUT2D eigenvalue weighted by Gasteiger charge is 2.35. The summed E-state index contributed by atoms with van der Waals surface area (Å²) < 4.78 is 24.2. The zero-order valence-electron chi connectivity index (χ0n) is 41.4. The molecule has 7 rings (SSSR count). The Kier molecular flexibility index (Phi) is 18.2. The molecule has 6 atom stereocenters. The van der Waals surface area contributed by atoms with E-state index in [-0.39, 0.29) is 59.5 Å². The van der Waals surface area contributed by atoms with Crippen molar-refractivity contribution in [1.29, 1.82) is 0 Å². The number of carbonyl (C=O) groups is 4. The quantitative estimate of drug-likeness (QED) is 0.0196. The lowest BCUT2D eigenvalue weighted by Crippen LogP contribution is -2.46. The van der Waals surface area contributed by atoms with Crippen LogP contribution in [0.5, 0.6) is 23.0 Å². The number of aliphatic hydroxyl groups excluding tert-OH is 2. The number of hydrogen-bond acceptors (Lipinski definition) is 15. The van der Waals surface area contributed by atoms with Crippen LogP contribution in [0.2, 0.25) is 0 Å². The monoisotopic (exact) mass is 1020 g/mol. The van der Waals surface area contributed by atoms with Crippen LogP contribution in [0.25, 0.3) is 0 Å². The maximum atomic E-state index is 13.9. The Morgan fingerprint density at radius 1 is 0.819 bits per heavy atom. The number of ether oxygens (including phenoxy) is 4. The van der Waals surface area contributed by atoms with Crippen molar-refractivity contribution in [2.75, 3.05) is 49.2 Å². The van der Waals surface area contributed by atoms with Crippen molar-refractivity contribution >= 4 is 68.3 Å². The van der Waals surface area contributed by atoms with Crippen molar-refractivity contribution in [2.45, 2.75) is 101 Å². The number of aldehydes is 1. The second-order valence-corrected chi connectivity index (χ2v) is 21.3. The van der Waals surface area contributed by atoms with Gasteiger partial charge in [-0.25, -0.2) is 0 Å². The highest BCUT2D eigenvalue weighted by atomic mass is 33.1. The highest BCUT2D eigenvalue weighted by Crippen LogP contribution is 2.40. The topological polar surface area (TPSA) is 214 Å². The van der Waals surface area contributed by atoms with E-state index in [9.17, 15) is 29.4 Å².